The molecule has 0 amide bonds. The molecule has 1 heterocycles. The van der Waals surface area contributed by atoms with Gasteiger partial charge in [0.15, 0.2) is 0 Å². The minimum atomic E-state index is -3.98. The third-order valence-electron chi connectivity index (χ3n) is 5.26. The third kappa shape index (κ3) is 4.71. The predicted octanol–water partition coefficient (Wildman–Crippen LogP) is 2.68. The fourth-order valence-electron chi connectivity index (χ4n) is 3.34. The van der Waals surface area contributed by atoms with Crippen LogP contribution in [-0.2, 0) is 20.0 Å². The Kier molecular flexibility index (Phi) is 6.30. The van der Waals surface area contributed by atoms with E-state index in [9.17, 15) is 21.9 Å². The number of sulfonamides is 2. The lowest BCUT2D eigenvalue weighted by molar-refractivity contribution is 0.438. The van der Waals surface area contributed by atoms with E-state index < -0.39 is 20.0 Å². The van der Waals surface area contributed by atoms with Crippen LogP contribution in [-0.4, -0.2) is 53.4 Å². The lowest BCUT2D eigenvalue weighted by Gasteiger charge is -2.33. The number of aromatic hydroxyl groups is 1. The molecule has 2 aromatic carbocycles. The standard InChI is InChI=1S/C20H27N3O5S2/c1-15-10-12-23(13-11-15)20-9-4-16(24)14-19(20)21-29(25,26)17-5-7-18(8-6-17)30(27,28)22(2)3/h4-9,14-15,21,24H,10-13H2,1-3H3. The van der Waals surface area contributed by atoms with Crippen LogP contribution in [0.3, 0.4) is 0 Å². The molecule has 1 aliphatic rings. The highest BCUT2D eigenvalue weighted by Gasteiger charge is 2.23. The van der Waals surface area contributed by atoms with Crippen LogP contribution in [0, 0.1) is 5.92 Å². The van der Waals surface area contributed by atoms with Crippen molar-refractivity contribution in [3.63, 3.8) is 0 Å². The first-order chi connectivity index (χ1) is 14.0. The van der Waals surface area contributed by atoms with Crippen molar-refractivity contribution in [2.75, 3.05) is 36.8 Å². The SMILES string of the molecule is CC1CCN(c2ccc(O)cc2NS(=O)(=O)c2ccc(S(=O)(=O)N(C)C)cc2)CC1. The van der Waals surface area contributed by atoms with Crippen LogP contribution in [0.5, 0.6) is 5.75 Å². The summed E-state index contributed by atoms with van der Waals surface area (Å²) < 4.78 is 53.8. The molecule has 0 radical (unpaired) electrons. The molecule has 0 bridgehead atoms. The molecule has 8 nitrogen and oxygen atoms in total. The molecule has 10 heteroatoms. The molecular formula is C20H27N3O5S2. The number of hydrogen-bond donors (Lipinski definition) is 2. The topological polar surface area (TPSA) is 107 Å². The zero-order valence-electron chi connectivity index (χ0n) is 17.2. The Morgan fingerprint density at radius 1 is 0.967 bits per heavy atom. The van der Waals surface area contributed by atoms with Crippen molar-refractivity contribution in [1.29, 1.82) is 0 Å². The fourth-order valence-corrected chi connectivity index (χ4v) is 5.30. The van der Waals surface area contributed by atoms with E-state index in [-0.39, 0.29) is 21.2 Å². The molecule has 0 unspecified atom stereocenters. The van der Waals surface area contributed by atoms with Crippen molar-refractivity contribution >= 4 is 31.4 Å². The van der Waals surface area contributed by atoms with Crippen LogP contribution in [0.4, 0.5) is 11.4 Å². The first-order valence-corrected chi connectivity index (χ1v) is 12.6. The number of piperidine rings is 1. The Morgan fingerprint density at radius 3 is 2.10 bits per heavy atom. The van der Waals surface area contributed by atoms with E-state index in [1.54, 1.807) is 6.07 Å². The van der Waals surface area contributed by atoms with Gasteiger partial charge in [-0.1, -0.05) is 6.92 Å². The van der Waals surface area contributed by atoms with E-state index in [2.05, 4.69) is 16.5 Å². The van der Waals surface area contributed by atoms with Gasteiger partial charge in [-0.15, -0.1) is 0 Å². The van der Waals surface area contributed by atoms with Crippen molar-refractivity contribution in [3.8, 4) is 5.75 Å². The number of rotatable bonds is 6. The number of anilines is 2. The van der Waals surface area contributed by atoms with Crippen LogP contribution >= 0.6 is 0 Å². The first-order valence-electron chi connectivity index (χ1n) is 9.64. The van der Waals surface area contributed by atoms with Crippen LogP contribution in [0.1, 0.15) is 19.8 Å². The molecule has 0 aromatic heterocycles. The molecule has 164 valence electrons. The molecule has 1 fully saturated rings. The number of nitrogens with one attached hydrogen (secondary N) is 1. The highest BCUT2D eigenvalue weighted by atomic mass is 32.2. The third-order valence-corrected chi connectivity index (χ3v) is 8.47. The summed E-state index contributed by atoms with van der Waals surface area (Å²) in [5.74, 6) is 0.574. The molecular weight excluding hydrogens is 426 g/mol. The molecule has 2 aromatic rings. The van der Waals surface area contributed by atoms with Gasteiger partial charge in [-0.05, 0) is 55.2 Å². The van der Waals surface area contributed by atoms with Gasteiger partial charge in [0.2, 0.25) is 10.0 Å². The van der Waals surface area contributed by atoms with Gasteiger partial charge in [0, 0.05) is 33.3 Å². The summed E-state index contributed by atoms with van der Waals surface area (Å²) in [7, 11) is -4.81. The highest BCUT2D eigenvalue weighted by molar-refractivity contribution is 7.92. The zero-order valence-corrected chi connectivity index (χ0v) is 18.9. The first kappa shape index (κ1) is 22.4. The summed E-state index contributed by atoms with van der Waals surface area (Å²) in [5.41, 5.74) is 0.990. The van der Waals surface area contributed by atoms with E-state index in [0.717, 1.165) is 30.2 Å². The van der Waals surface area contributed by atoms with E-state index >= 15 is 0 Å². The summed E-state index contributed by atoms with van der Waals surface area (Å²) in [5, 5.41) is 9.90. The Morgan fingerprint density at radius 2 is 1.53 bits per heavy atom. The monoisotopic (exact) mass is 453 g/mol. The molecule has 0 aliphatic carbocycles. The smallest absolute Gasteiger partial charge is 0.261 e. The summed E-state index contributed by atoms with van der Waals surface area (Å²) in [6, 6.07) is 9.66. The minimum absolute atomic E-state index is 0.00642. The van der Waals surface area contributed by atoms with E-state index in [0.29, 0.717) is 11.6 Å². The average molecular weight is 454 g/mol. The van der Waals surface area contributed by atoms with Gasteiger partial charge in [-0.2, -0.15) is 0 Å². The fraction of sp³-hybridized carbons (Fsp3) is 0.400. The van der Waals surface area contributed by atoms with Gasteiger partial charge in [-0.3, -0.25) is 4.72 Å². The van der Waals surface area contributed by atoms with E-state index in [1.165, 1.54) is 50.5 Å². The molecule has 1 aliphatic heterocycles. The Balaban J connectivity index is 1.89. The zero-order chi connectivity index (χ0) is 22.1. The second-order valence-electron chi connectivity index (χ2n) is 7.74. The molecule has 0 saturated carbocycles. The Hall–Kier alpha value is -2.30. The van der Waals surface area contributed by atoms with Crippen molar-refractivity contribution in [1.82, 2.24) is 4.31 Å². The maximum atomic E-state index is 12.9. The number of phenols is 1. The summed E-state index contributed by atoms with van der Waals surface area (Å²) in [4.78, 5) is 2.04. The van der Waals surface area contributed by atoms with Crippen LogP contribution in [0.25, 0.3) is 0 Å². The van der Waals surface area contributed by atoms with Gasteiger partial charge in [0.05, 0.1) is 21.2 Å². The highest BCUT2D eigenvalue weighted by Crippen LogP contribution is 2.34. The number of nitrogens with zero attached hydrogens (tertiary/aromatic N) is 2. The second kappa shape index (κ2) is 8.44. The summed E-state index contributed by atoms with van der Waals surface area (Å²) in [6.07, 6.45) is 2.02. The number of benzene rings is 2. The molecule has 2 N–H and O–H groups in total. The Bertz CT molecular complexity index is 1110. The van der Waals surface area contributed by atoms with Gasteiger partial charge in [0.1, 0.15) is 5.75 Å². The molecule has 1 saturated heterocycles. The Labute approximate surface area is 178 Å². The maximum absolute atomic E-state index is 12.9. The van der Waals surface area contributed by atoms with Gasteiger partial charge < -0.3 is 10.0 Å². The lowest BCUT2D eigenvalue weighted by Crippen LogP contribution is -2.33. The molecule has 3 rings (SSSR count). The largest absolute Gasteiger partial charge is 0.508 e. The van der Waals surface area contributed by atoms with Crippen LogP contribution in [0.15, 0.2) is 52.3 Å². The summed E-state index contributed by atoms with van der Waals surface area (Å²) in [6.45, 7) is 3.80. The minimum Gasteiger partial charge on any atom is -0.508 e. The van der Waals surface area contributed by atoms with Crippen molar-refractivity contribution in [2.45, 2.75) is 29.6 Å². The number of hydrogen-bond acceptors (Lipinski definition) is 6. The van der Waals surface area contributed by atoms with Gasteiger partial charge in [0.25, 0.3) is 10.0 Å². The van der Waals surface area contributed by atoms with Crippen LogP contribution in [0.2, 0.25) is 0 Å². The normalized spacial score (nSPS) is 16.1. The molecule has 0 spiro atoms. The van der Waals surface area contributed by atoms with Crippen molar-refractivity contribution in [3.05, 3.63) is 42.5 Å². The lowest BCUT2D eigenvalue weighted by atomic mass is 9.98. The molecule has 30 heavy (non-hydrogen) atoms. The van der Waals surface area contributed by atoms with Crippen molar-refractivity contribution < 1.29 is 21.9 Å². The van der Waals surface area contributed by atoms with Crippen molar-refractivity contribution in [2.24, 2.45) is 5.92 Å². The maximum Gasteiger partial charge on any atom is 0.261 e. The predicted molar refractivity (Wildman–Crippen MR) is 117 cm³/mol. The quantitative estimate of drug-likeness (QED) is 0.696. The van der Waals surface area contributed by atoms with Gasteiger partial charge in [-0.25, -0.2) is 21.1 Å². The van der Waals surface area contributed by atoms with E-state index in [1.807, 2.05) is 0 Å². The average Bonchev–Trinajstić information content (AvgIpc) is 2.69. The van der Waals surface area contributed by atoms with Gasteiger partial charge >= 0.3 is 0 Å². The summed E-state index contributed by atoms with van der Waals surface area (Å²) >= 11 is 0. The van der Waals surface area contributed by atoms with Crippen LogP contribution < -0.4 is 9.62 Å². The number of phenolic OH excluding ortho intramolecular Hbond substituents is 1. The molecule has 0 atom stereocenters. The van der Waals surface area contributed by atoms with E-state index in [4.69, 9.17) is 0 Å². The second-order valence-corrected chi connectivity index (χ2v) is 11.6.